The van der Waals surface area contributed by atoms with Crippen molar-refractivity contribution in [1.82, 2.24) is 4.98 Å². The van der Waals surface area contributed by atoms with Crippen molar-refractivity contribution >= 4 is 28.9 Å². The Labute approximate surface area is 143 Å². The summed E-state index contributed by atoms with van der Waals surface area (Å²) >= 11 is 7.38. The van der Waals surface area contributed by atoms with Crippen LogP contribution in [-0.4, -0.2) is 11.0 Å². The van der Waals surface area contributed by atoms with Gasteiger partial charge in [0.25, 0.3) is 0 Å². The Kier molecular flexibility index (Phi) is 5.05. The van der Waals surface area contributed by atoms with E-state index < -0.39 is 0 Å². The maximum Gasteiger partial charge on any atom is 0.312 e. The number of carbonyl (C=O) groups is 1. The third kappa shape index (κ3) is 4.41. The summed E-state index contributed by atoms with van der Waals surface area (Å²) in [6, 6.07) is 17.1. The Balaban J connectivity index is 1.58. The van der Waals surface area contributed by atoms with Crippen molar-refractivity contribution in [2.45, 2.75) is 13.0 Å². The van der Waals surface area contributed by atoms with Gasteiger partial charge in [-0.3, -0.25) is 4.79 Å². The van der Waals surface area contributed by atoms with Crippen LogP contribution in [-0.2, 0) is 22.6 Å². The van der Waals surface area contributed by atoms with Crippen LogP contribution >= 0.6 is 22.9 Å². The molecule has 0 bridgehead atoms. The third-order valence-electron chi connectivity index (χ3n) is 3.21. The average Bonchev–Trinajstić information content (AvgIpc) is 3.03. The molecule has 0 atom stereocenters. The highest BCUT2D eigenvalue weighted by Crippen LogP contribution is 2.25. The average molecular weight is 344 g/mol. The maximum atomic E-state index is 11.9. The summed E-state index contributed by atoms with van der Waals surface area (Å²) in [6.07, 6.45) is 0.178. The molecule has 116 valence electrons. The molecule has 2 aromatic carbocycles. The zero-order valence-corrected chi connectivity index (χ0v) is 13.8. The Morgan fingerprint density at radius 3 is 2.57 bits per heavy atom. The van der Waals surface area contributed by atoms with E-state index in [0.717, 1.165) is 21.8 Å². The molecule has 1 heterocycles. The Hall–Kier alpha value is -2.17. The fourth-order valence-corrected chi connectivity index (χ4v) is 3.00. The normalized spacial score (nSPS) is 10.5. The first kappa shape index (κ1) is 15.7. The lowest BCUT2D eigenvalue weighted by Crippen LogP contribution is -2.08. The lowest BCUT2D eigenvalue weighted by Gasteiger charge is -2.03. The van der Waals surface area contributed by atoms with E-state index in [4.69, 9.17) is 16.3 Å². The highest BCUT2D eigenvalue weighted by atomic mass is 35.5. The molecule has 0 aliphatic carbocycles. The van der Waals surface area contributed by atoms with Gasteiger partial charge in [-0.25, -0.2) is 4.98 Å². The standard InChI is InChI=1S/C18H14ClNO2S/c19-15-8-6-14(7-9-15)18-20-16(12-23-18)10-17(21)22-11-13-4-2-1-3-5-13/h1-9,12H,10-11H2. The molecule has 0 aliphatic heterocycles. The molecule has 1 aromatic heterocycles. The lowest BCUT2D eigenvalue weighted by molar-refractivity contribution is -0.144. The summed E-state index contributed by atoms with van der Waals surface area (Å²) in [5, 5.41) is 3.44. The van der Waals surface area contributed by atoms with E-state index >= 15 is 0 Å². The summed E-state index contributed by atoms with van der Waals surface area (Å²) in [5.74, 6) is -0.276. The number of halogens is 1. The second-order valence-electron chi connectivity index (χ2n) is 4.97. The van der Waals surface area contributed by atoms with E-state index in [1.807, 2.05) is 60.0 Å². The smallest absolute Gasteiger partial charge is 0.312 e. The number of hydrogen-bond donors (Lipinski definition) is 0. The molecule has 0 amide bonds. The first-order chi connectivity index (χ1) is 11.2. The predicted molar refractivity (Wildman–Crippen MR) is 92.5 cm³/mol. The second-order valence-corrected chi connectivity index (χ2v) is 6.27. The van der Waals surface area contributed by atoms with Crippen LogP contribution in [0.1, 0.15) is 11.3 Å². The van der Waals surface area contributed by atoms with Crippen LogP contribution in [0, 0.1) is 0 Å². The molecule has 3 rings (SSSR count). The fraction of sp³-hybridized carbons (Fsp3) is 0.111. The monoisotopic (exact) mass is 343 g/mol. The molecule has 0 unspecified atom stereocenters. The van der Waals surface area contributed by atoms with E-state index in [0.29, 0.717) is 5.02 Å². The SMILES string of the molecule is O=C(Cc1csc(-c2ccc(Cl)cc2)n1)OCc1ccccc1. The summed E-state index contributed by atoms with van der Waals surface area (Å²) < 4.78 is 5.27. The minimum absolute atomic E-state index is 0.178. The van der Waals surface area contributed by atoms with Crippen LogP contribution in [0.5, 0.6) is 0 Å². The van der Waals surface area contributed by atoms with Crippen molar-refractivity contribution in [2.24, 2.45) is 0 Å². The molecule has 0 N–H and O–H groups in total. The number of carbonyl (C=O) groups excluding carboxylic acids is 1. The number of aromatic nitrogens is 1. The Morgan fingerprint density at radius 1 is 1.09 bits per heavy atom. The van der Waals surface area contributed by atoms with E-state index in [2.05, 4.69) is 4.98 Å². The number of rotatable bonds is 5. The van der Waals surface area contributed by atoms with Gasteiger partial charge in [0.05, 0.1) is 12.1 Å². The summed E-state index contributed by atoms with van der Waals surface area (Å²) in [4.78, 5) is 16.4. The molecule has 3 aromatic rings. The summed E-state index contributed by atoms with van der Waals surface area (Å²) in [6.45, 7) is 0.286. The molecule has 0 spiro atoms. The van der Waals surface area contributed by atoms with Crippen LogP contribution in [0.25, 0.3) is 10.6 Å². The number of nitrogens with zero attached hydrogens (tertiary/aromatic N) is 1. The van der Waals surface area contributed by atoms with Gasteiger partial charge in [0, 0.05) is 16.0 Å². The number of esters is 1. The van der Waals surface area contributed by atoms with Crippen LogP contribution in [0.4, 0.5) is 0 Å². The third-order valence-corrected chi connectivity index (χ3v) is 4.40. The van der Waals surface area contributed by atoms with E-state index in [9.17, 15) is 4.79 Å². The summed E-state index contributed by atoms with van der Waals surface area (Å²) in [7, 11) is 0. The van der Waals surface area contributed by atoms with Gasteiger partial charge < -0.3 is 4.74 Å². The van der Waals surface area contributed by atoms with Crippen LogP contribution in [0.3, 0.4) is 0 Å². The molecule has 0 aliphatic rings. The van der Waals surface area contributed by atoms with Crippen molar-refractivity contribution in [3.8, 4) is 10.6 Å². The highest BCUT2D eigenvalue weighted by molar-refractivity contribution is 7.13. The fourth-order valence-electron chi connectivity index (χ4n) is 2.05. The lowest BCUT2D eigenvalue weighted by atomic mass is 10.2. The van der Waals surface area contributed by atoms with Gasteiger partial charge in [0.1, 0.15) is 11.6 Å². The molecule has 0 saturated carbocycles. The molecule has 3 nitrogen and oxygen atoms in total. The van der Waals surface area contributed by atoms with Gasteiger partial charge in [0.2, 0.25) is 0 Å². The topological polar surface area (TPSA) is 39.2 Å². The number of thiazole rings is 1. The summed E-state index contributed by atoms with van der Waals surface area (Å²) in [5.41, 5.74) is 2.68. The molecule has 0 radical (unpaired) electrons. The quantitative estimate of drug-likeness (QED) is 0.627. The van der Waals surface area contributed by atoms with Crippen LogP contribution in [0.15, 0.2) is 60.0 Å². The van der Waals surface area contributed by atoms with Gasteiger partial charge in [-0.05, 0) is 17.7 Å². The van der Waals surface area contributed by atoms with Crippen LogP contribution < -0.4 is 0 Å². The van der Waals surface area contributed by atoms with E-state index in [-0.39, 0.29) is 19.0 Å². The first-order valence-corrected chi connectivity index (χ1v) is 8.36. The molecule has 5 heteroatoms. The van der Waals surface area contributed by atoms with E-state index in [1.165, 1.54) is 11.3 Å². The zero-order chi connectivity index (χ0) is 16.1. The van der Waals surface area contributed by atoms with Gasteiger partial charge >= 0.3 is 5.97 Å². The number of ether oxygens (including phenoxy) is 1. The largest absolute Gasteiger partial charge is 0.461 e. The number of hydrogen-bond acceptors (Lipinski definition) is 4. The van der Waals surface area contributed by atoms with Crippen molar-refractivity contribution in [3.63, 3.8) is 0 Å². The molecular weight excluding hydrogens is 330 g/mol. The van der Waals surface area contributed by atoms with Crippen molar-refractivity contribution in [2.75, 3.05) is 0 Å². The van der Waals surface area contributed by atoms with Crippen molar-refractivity contribution in [1.29, 1.82) is 0 Å². The maximum absolute atomic E-state index is 11.9. The van der Waals surface area contributed by atoms with Gasteiger partial charge in [-0.1, -0.05) is 54.1 Å². The molecule has 0 saturated heterocycles. The predicted octanol–water partition coefficient (Wildman–Crippen LogP) is 4.75. The van der Waals surface area contributed by atoms with Crippen molar-refractivity contribution < 1.29 is 9.53 Å². The zero-order valence-electron chi connectivity index (χ0n) is 12.2. The second kappa shape index (κ2) is 7.40. The minimum atomic E-state index is -0.276. The van der Waals surface area contributed by atoms with Crippen LogP contribution in [0.2, 0.25) is 5.02 Å². The first-order valence-electron chi connectivity index (χ1n) is 7.10. The molecule has 0 fully saturated rings. The molecule has 23 heavy (non-hydrogen) atoms. The van der Waals surface area contributed by atoms with E-state index in [1.54, 1.807) is 0 Å². The van der Waals surface area contributed by atoms with Crippen molar-refractivity contribution in [3.05, 3.63) is 76.3 Å². The highest BCUT2D eigenvalue weighted by Gasteiger charge is 2.10. The number of benzene rings is 2. The minimum Gasteiger partial charge on any atom is -0.461 e. The van der Waals surface area contributed by atoms with Gasteiger partial charge in [-0.15, -0.1) is 11.3 Å². The van der Waals surface area contributed by atoms with Gasteiger partial charge in [0.15, 0.2) is 0 Å². The Bertz CT molecular complexity index is 784. The Morgan fingerprint density at radius 2 is 1.83 bits per heavy atom. The van der Waals surface area contributed by atoms with Gasteiger partial charge in [-0.2, -0.15) is 0 Å². The molecular formula is C18H14ClNO2S.